The van der Waals surface area contributed by atoms with Crippen molar-refractivity contribution >= 4 is 45.0 Å². The predicted octanol–water partition coefficient (Wildman–Crippen LogP) is 4.14. The molecule has 142 valence electrons. The van der Waals surface area contributed by atoms with E-state index in [-0.39, 0.29) is 18.3 Å². The number of rotatable bonds is 7. The second kappa shape index (κ2) is 8.77. The minimum absolute atomic E-state index is 0.0970. The Morgan fingerprint density at radius 2 is 2.07 bits per heavy atom. The Hall–Kier alpha value is -2.03. The normalized spacial score (nSPS) is 10.8. The van der Waals surface area contributed by atoms with Gasteiger partial charge in [0, 0.05) is 18.9 Å². The third-order valence-corrected chi connectivity index (χ3v) is 5.13. The van der Waals surface area contributed by atoms with Crippen molar-refractivity contribution in [3.63, 3.8) is 0 Å². The summed E-state index contributed by atoms with van der Waals surface area (Å²) in [7, 11) is 0. The summed E-state index contributed by atoms with van der Waals surface area (Å²) < 4.78 is 9.72. The van der Waals surface area contributed by atoms with E-state index < -0.39 is 0 Å². The Kier molecular flexibility index (Phi) is 6.41. The number of carbonyl (C=O) groups is 1. The molecule has 0 fully saturated rings. The maximum Gasteiger partial charge on any atom is 0.272 e. The predicted molar refractivity (Wildman–Crippen MR) is 106 cm³/mol. The maximum atomic E-state index is 12.3. The van der Waals surface area contributed by atoms with Crippen molar-refractivity contribution in [2.45, 2.75) is 26.7 Å². The Morgan fingerprint density at radius 3 is 2.81 bits per heavy atom. The summed E-state index contributed by atoms with van der Waals surface area (Å²) in [6, 6.07) is 6.73. The van der Waals surface area contributed by atoms with E-state index >= 15 is 0 Å². The molecule has 0 saturated heterocycles. The maximum absolute atomic E-state index is 12.3. The zero-order valence-electron chi connectivity index (χ0n) is 14.3. The summed E-state index contributed by atoms with van der Waals surface area (Å²) >= 11 is 15.5. The molecule has 0 aliphatic carbocycles. The first-order valence-corrected chi connectivity index (χ1v) is 9.63. The number of hydrogen-bond acceptors (Lipinski definition) is 4. The summed E-state index contributed by atoms with van der Waals surface area (Å²) in [6.45, 7) is 3.15. The first-order valence-electron chi connectivity index (χ1n) is 8.08. The van der Waals surface area contributed by atoms with Crippen LogP contribution in [0.15, 0.2) is 41.1 Å². The van der Waals surface area contributed by atoms with Gasteiger partial charge in [-0.05, 0) is 41.1 Å². The molecule has 0 bridgehead atoms. The van der Waals surface area contributed by atoms with E-state index in [0.29, 0.717) is 22.3 Å². The van der Waals surface area contributed by atoms with Crippen molar-refractivity contribution in [2.24, 2.45) is 0 Å². The Labute approximate surface area is 174 Å². The van der Waals surface area contributed by atoms with Gasteiger partial charge in [-0.2, -0.15) is 10.2 Å². The summed E-state index contributed by atoms with van der Waals surface area (Å²) in [5.41, 5.74) is 1.03. The summed E-state index contributed by atoms with van der Waals surface area (Å²) in [5.74, 6) is 0.148. The second-order valence-corrected chi connectivity index (χ2v) is 7.17. The molecular weight excluding hydrogens is 457 g/mol. The summed E-state index contributed by atoms with van der Waals surface area (Å²) in [4.78, 5) is 12.3. The van der Waals surface area contributed by atoms with Crippen LogP contribution in [0.3, 0.4) is 0 Å². The van der Waals surface area contributed by atoms with Crippen LogP contribution in [0, 0.1) is 0 Å². The highest BCUT2D eigenvalue weighted by atomic mass is 79.9. The molecule has 0 aliphatic heterocycles. The Bertz CT molecular complexity index is 957. The molecule has 0 atom stereocenters. The monoisotopic (exact) mass is 471 g/mol. The number of nitrogens with one attached hydrogen (secondary N) is 1. The van der Waals surface area contributed by atoms with Crippen molar-refractivity contribution in [2.75, 3.05) is 0 Å². The van der Waals surface area contributed by atoms with Crippen LogP contribution >= 0.6 is 39.1 Å². The number of nitrogens with zero attached hydrogens (tertiary/aromatic N) is 4. The van der Waals surface area contributed by atoms with Gasteiger partial charge in [-0.25, -0.2) is 4.68 Å². The van der Waals surface area contributed by atoms with Gasteiger partial charge in [-0.1, -0.05) is 29.3 Å². The van der Waals surface area contributed by atoms with Crippen LogP contribution in [0.2, 0.25) is 10.0 Å². The molecule has 10 heteroatoms. The number of aromatic nitrogens is 4. The SMILES string of the molecule is CCn1cc(Br)c(CNC(=O)c2ccn(COc3cccc(Cl)c3Cl)n2)n1. The molecule has 3 rings (SSSR count). The van der Waals surface area contributed by atoms with Gasteiger partial charge in [0.25, 0.3) is 5.91 Å². The summed E-state index contributed by atoms with van der Waals surface area (Å²) in [5, 5.41) is 12.1. The van der Waals surface area contributed by atoms with Gasteiger partial charge >= 0.3 is 0 Å². The van der Waals surface area contributed by atoms with Crippen LogP contribution in [0.5, 0.6) is 5.75 Å². The number of benzene rings is 1. The molecule has 1 N–H and O–H groups in total. The van der Waals surface area contributed by atoms with Crippen molar-refractivity contribution in [1.82, 2.24) is 24.9 Å². The molecule has 7 nitrogen and oxygen atoms in total. The average Bonchev–Trinajstić information content (AvgIpc) is 3.27. The van der Waals surface area contributed by atoms with Crippen LogP contribution in [0.1, 0.15) is 23.1 Å². The highest BCUT2D eigenvalue weighted by Crippen LogP contribution is 2.31. The third-order valence-electron chi connectivity index (χ3n) is 3.67. The quantitative estimate of drug-likeness (QED) is 0.560. The smallest absolute Gasteiger partial charge is 0.272 e. The van der Waals surface area contributed by atoms with Crippen molar-refractivity contribution in [3.05, 3.63) is 62.6 Å². The van der Waals surface area contributed by atoms with Crippen LogP contribution in [0.4, 0.5) is 0 Å². The van der Waals surface area contributed by atoms with Gasteiger partial charge in [-0.3, -0.25) is 9.48 Å². The van der Waals surface area contributed by atoms with E-state index in [9.17, 15) is 4.79 Å². The fourth-order valence-corrected chi connectivity index (χ4v) is 3.06. The third kappa shape index (κ3) is 4.82. The topological polar surface area (TPSA) is 74.0 Å². The highest BCUT2D eigenvalue weighted by molar-refractivity contribution is 9.10. The number of amides is 1. The van der Waals surface area contributed by atoms with Crippen molar-refractivity contribution < 1.29 is 9.53 Å². The van der Waals surface area contributed by atoms with Crippen LogP contribution < -0.4 is 10.1 Å². The number of aryl methyl sites for hydroxylation is 1. The molecule has 2 aromatic heterocycles. The van der Waals surface area contributed by atoms with Gasteiger partial charge in [0.05, 0.1) is 21.7 Å². The molecule has 27 heavy (non-hydrogen) atoms. The Balaban J connectivity index is 1.57. The summed E-state index contributed by atoms with van der Waals surface area (Å²) in [6.07, 6.45) is 3.52. The van der Waals surface area contributed by atoms with Crippen LogP contribution in [-0.4, -0.2) is 25.5 Å². The molecular formula is C17H16BrCl2N5O2. The van der Waals surface area contributed by atoms with Gasteiger partial charge in [0.2, 0.25) is 0 Å². The van der Waals surface area contributed by atoms with E-state index in [4.69, 9.17) is 27.9 Å². The highest BCUT2D eigenvalue weighted by Gasteiger charge is 2.13. The molecule has 2 heterocycles. The van der Waals surface area contributed by atoms with Crippen molar-refractivity contribution in [3.8, 4) is 5.75 Å². The van der Waals surface area contributed by atoms with Crippen LogP contribution in [-0.2, 0) is 19.8 Å². The van der Waals surface area contributed by atoms with E-state index in [1.54, 1.807) is 35.1 Å². The first-order chi connectivity index (χ1) is 13.0. The van der Waals surface area contributed by atoms with Crippen LogP contribution in [0.25, 0.3) is 0 Å². The molecule has 1 amide bonds. The Morgan fingerprint density at radius 1 is 1.26 bits per heavy atom. The van der Waals surface area contributed by atoms with E-state index in [1.165, 1.54) is 4.68 Å². The van der Waals surface area contributed by atoms with E-state index in [2.05, 4.69) is 31.4 Å². The lowest BCUT2D eigenvalue weighted by molar-refractivity contribution is 0.0943. The number of halogens is 3. The van der Waals surface area contributed by atoms with Crippen molar-refractivity contribution in [1.29, 1.82) is 0 Å². The minimum Gasteiger partial charge on any atom is -0.470 e. The fraction of sp³-hybridized carbons (Fsp3) is 0.235. The average molecular weight is 473 g/mol. The molecule has 1 aromatic carbocycles. The molecule has 3 aromatic rings. The fourth-order valence-electron chi connectivity index (χ4n) is 2.26. The van der Waals surface area contributed by atoms with Gasteiger partial charge in [0.1, 0.15) is 16.5 Å². The van der Waals surface area contributed by atoms with E-state index in [1.807, 2.05) is 13.1 Å². The molecule has 0 spiro atoms. The number of ether oxygens (including phenoxy) is 1. The zero-order valence-corrected chi connectivity index (χ0v) is 17.4. The van der Waals surface area contributed by atoms with Gasteiger partial charge < -0.3 is 10.1 Å². The standard InChI is InChI=1S/C17H16BrCl2N5O2/c1-2-24-9-11(18)14(23-24)8-21-17(26)13-6-7-25(22-13)10-27-15-5-3-4-12(19)16(15)20/h3-7,9H,2,8,10H2,1H3,(H,21,26). The minimum atomic E-state index is -0.299. The van der Waals surface area contributed by atoms with Gasteiger partial charge in [0.15, 0.2) is 6.73 Å². The molecule has 0 aliphatic rings. The van der Waals surface area contributed by atoms with E-state index in [0.717, 1.165) is 16.7 Å². The lowest BCUT2D eigenvalue weighted by atomic mass is 10.3. The first kappa shape index (κ1) is 19.7. The largest absolute Gasteiger partial charge is 0.470 e. The lowest BCUT2D eigenvalue weighted by Crippen LogP contribution is -2.24. The molecule has 0 unspecified atom stereocenters. The molecule has 0 saturated carbocycles. The molecule has 0 radical (unpaired) electrons. The lowest BCUT2D eigenvalue weighted by Gasteiger charge is -2.08. The van der Waals surface area contributed by atoms with Gasteiger partial charge in [-0.15, -0.1) is 0 Å². The number of hydrogen-bond donors (Lipinski definition) is 1. The number of carbonyl (C=O) groups excluding carboxylic acids is 1. The zero-order chi connectivity index (χ0) is 19.4. The second-order valence-electron chi connectivity index (χ2n) is 5.53.